The van der Waals surface area contributed by atoms with Crippen LogP contribution in [0.3, 0.4) is 0 Å². The molecule has 4 rings (SSSR count). The molecule has 1 atom stereocenters. The Morgan fingerprint density at radius 1 is 1.21 bits per heavy atom. The minimum Gasteiger partial charge on any atom is -0.370 e. The van der Waals surface area contributed by atoms with Crippen LogP contribution in [0.15, 0.2) is 36.5 Å². The Balaban J connectivity index is 1.51. The Morgan fingerprint density at radius 2 is 2.00 bits per heavy atom. The van der Waals surface area contributed by atoms with E-state index in [1.807, 2.05) is 12.3 Å². The summed E-state index contributed by atoms with van der Waals surface area (Å²) in [5.41, 5.74) is 3.87. The molecule has 5 heteroatoms. The third-order valence-electron chi connectivity index (χ3n) is 5.51. The fraction of sp³-hybridized carbons (Fsp3) is 0.526. The Morgan fingerprint density at radius 3 is 2.79 bits per heavy atom. The highest BCUT2D eigenvalue weighted by Gasteiger charge is 2.32. The molecule has 0 amide bonds. The van der Waals surface area contributed by atoms with E-state index in [1.165, 1.54) is 24.1 Å². The molecule has 1 fully saturated rings. The van der Waals surface area contributed by atoms with Crippen LogP contribution in [0.2, 0.25) is 0 Å². The maximum atomic E-state index is 10.7. The molecule has 1 unspecified atom stereocenters. The fourth-order valence-corrected chi connectivity index (χ4v) is 4.04. The van der Waals surface area contributed by atoms with E-state index >= 15 is 0 Å². The minimum atomic E-state index is 0.165. The summed E-state index contributed by atoms with van der Waals surface area (Å²) < 4.78 is 7.64. The molecular weight excluding hydrogens is 302 g/mol. The fourth-order valence-electron chi connectivity index (χ4n) is 4.04. The van der Waals surface area contributed by atoms with Crippen LogP contribution in [0, 0.1) is 0 Å². The smallest absolute Gasteiger partial charge is 0.132 e. The van der Waals surface area contributed by atoms with Crippen LogP contribution in [0.25, 0.3) is 5.69 Å². The minimum absolute atomic E-state index is 0.165. The molecular formula is C19H26N3O2+. The molecule has 0 spiro atoms. The third-order valence-corrected chi connectivity index (χ3v) is 5.51. The number of hydrogen-bond donors (Lipinski definition) is 1. The summed E-state index contributed by atoms with van der Waals surface area (Å²) in [5.74, 6) is 0.510. The van der Waals surface area contributed by atoms with Gasteiger partial charge in [-0.2, -0.15) is 9.75 Å². The van der Waals surface area contributed by atoms with Gasteiger partial charge in [-0.25, -0.2) is 9.89 Å². The van der Waals surface area contributed by atoms with Gasteiger partial charge >= 0.3 is 0 Å². The first-order valence-corrected chi connectivity index (χ1v) is 9.04. The van der Waals surface area contributed by atoms with Crippen LogP contribution in [-0.2, 0) is 11.2 Å². The maximum absolute atomic E-state index is 10.7. The van der Waals surface area contributed by atoms with E-state index in [0.29, 0.717) is 32.2 Å². The van der Waals surface area contributed by atoms with Crippen LogP contribution in [0.5, 0.6) is 0 Å². The van der Waals surface area contributed by atoms with Gasteiger partial charge in [-0.3, -0.25) is 0 Å². The van der Waals surface area contributed by atoms with Crippen LogP contribution in [0.4, 0.5) is 0 Å². The lowest BCUT2D eigenvalue weighted by molar-refractivity contribution is -1.11. The number of ether oxygens (including phenoxy) is 1. The van der Waals surface area contributed by atoms with E-state index in [1.54, 1.807) is 0 Å². The van der Waals surface area contributed by atoms with Crippen molar-refractivity contribution in [3.63, 3.8) is 0 Å². The average Bonchev–Trinajstić information content (AvgIpc) is 3.06. The van der Waals surface area contributed by atoms with E-state index in [2.05, 4.69) is 34.0 Å². The summed E-state index contributed by atoms with van der Waals surface area (Å²) in [6.07, 6.45) is 6.56. The first-order valence-electron chi connectivity index (χ1n) is 9.04. The number of benzene rings is 1. The number of fused-ring (bicyclic) bond motifs is 1. The van der Waals surface area contributed by atoms with Crippen molar-refractivity contribution < 1.29 is 14.6 Å². The molecule has 24 heavy (non-hydrogen) atoms. The summed E-state index contributed by atoms with van der Waals surface area (Å²) in [6, 6.07) is 10.4. The van der Waals surface area contributed by atoms with Gasteiger partial charge in [0.1, 0.15) is 19.6 Å². The molecule has 1 saturated heterocycles. The standard InChI is InChI=1S/C19H26N3O2/c23-22(11-13-24-14-12-22)10-9-16-5-4-8-19-18(16)15-20-21(19)17-6-2-1-3-7-17/h1-3,6-7,15-16,23H,4-5,8-14H2/q+1. The molecule has 5 nitrogen and oxygen atoms in total. The summed E-state index contributed by atoms with van der Waals surface area (Å²) in [5, 5.41) is 15.3. The predicted molar refractivity (Wildman–Crippen MR) is 91.3 cm³/mol. The SMILES string of the molecule is O[N+]1(CCC2CCCc3c2cnn3-c2ccccc2)CCOCC1. The van der Waals surface area contributed by atoms with Gasteiger partial charge in [0.2, 0.25) is 0 Å². The number of quaternary nitrogens is 1. The van der Waals surface area contributed by atoms with Crippen LogP contribution in [0.1, 0.15) is 36.4 Å². The van der Waals surface area contributed by atoms with Crippen LogP contribution in [-0.4, -0.2) is 52.5 Å². The van der Waals surface area contributed by atoms with Crippen molar-refractivity contribution in [1.29, 1.82) is 0 Å². The Kier molecular flexibility index (Phi) is 4.39. The molecule has 1 aromatic carbocycles. The zero-order valence-electron chi connectivity index (χ0n) is 14.1. The predicted octanol–water partition coefficient (Wildman–Crippen LogP) is 2.92. The van der Waals surface area contributed by atoms with Crippen molar-refractivity contribution in [2.45, 2.75) is 31.6 Å². The Labute approximate surface area is 143 Å². The molecule has 1 aliphatic carbocycles. The first-order chi connectivity index (χ1) is 11.8. The number of nitrogens with zero attached hydrogens (tertiary/aromatic N) is 3. The second-order valence-electron chi connectivity index (χ2n) is 7.05. The molecule has 2 aromatic rings. The van der Waals surface area contributed by atoms with Crippen molar-refractivity contribution in [3.8, 4) is 5.69 Å². The van der Waals surface area contributed by atoms with Crippen LogP contribution >= 0.6 is 0 Å². The molecule has 1 N–H and O–H groups in total. The van der Waals surface area contributed by atoms with E-state index in [4.69, 9.17) is 4.74 Å². The molecule has 2 heterocycles. The van der Waals surface area contributed by atoms with Crippen molar-refractivity contribution in [2.75, 3.05) is 32.8 Å². The number of hydrogen-bond acceptors (Lipinski definition) is 3. The van der Waals surface area contributed by atoms with E-state index in [9.17, 15) is 5.21 Å². The van der Waals surface area contributed by atoms with Crippen molar-refractivity contribution in [3.05, 3.63) is 47.8 Å². The maximum Gasteiger partial charge on any atom is 0.132 e. The summed E-state index contributed by atoms with van der Waals surface area (Å²) in [4.78, 5) is 0. The van der Waals surface area contributed by atoms with Gasteiger partial charge in [0, 0.05) is 12.1 Å². The van der Waals surface area contributed by atoms with E-state index in [-0.39, 0.29) is 4.65 Å². The van der Waals surface area contributed by atoms with E-state index < -0.39 is 0 Å². The van der Waals surface area contributed by atoms with Gasteiger partial charge < -0.3 is 4.74 Å². The molecule has 1 aliphatic heterocycles. The largest absolute Gasteiger partial charge is 0.370 e. The number of rotatable bonds is 4. The second kappa shape index (κ2) is 6.67. The lowest BCUT2D eigenvalue weighted by Crippen LogP contribution is -2.53. The second-order valence-corrected chi connectivity index (χ2v) is 7.05. The molecule has 128 valence electrons. The average molecular weight is 328 g/mol. The Hall–Kier alpha value is -1.69. The van der Waals surface area contributed by atoms with Gasteiger partial charge in [0.05, 0.1) is 25.1 Å². The zero-order valence-corrected chi connectivity index (χ0v) is 14.1. The number of para-hydroxylation sites is 1. The highest BCUT2D eigenvalue weighted by atomic mass is 16.6. The van der Waals surface area contributed by atoms with Gasteiger partial charge in [0.25, 0.3) is 0 Å². The van der Waals surface area contributed by atoms with Crippen LogP contribution < -0.4 is 0 Å². The molecule has 1 aromatic heterocycles. The number of hydroxylamine groups is 3. The van der Waals surface area contributed by atoms with Crippen molar-refractivity contribution >= 4 is 0 Å². The topological polar surface area (TPSA) is 47.3 Å². The summed E-state index contributed by atoms with van der Waals surface area (Å²) in [6.45, 7) is 3.56. The zero-order chi connectivity index (χ0) is 16.4. The first kappa shape index (κ1) is 15.8. The van der Waals surface area contributed by atoms with Gasteiger partial charge in [-0.1, -0.05) is 18.2 Å². The normalized spacial score (nSPS) is 23.0. The monoisotopic (exact) mass is 328 g/mol. The summed E-state index contributed by atoms with van der Waals surface area (Å²) >= 11 is 0. The summed E-state index contributed by atoms with van der Waals surface area (Å²) in [7, 11) is 0. The molecule has 0 radical (unpaired) electrons. The molecule has 0 bridgehead atoms. The lowest BCUT2D eigenvalue weighted by Gasteiger charge is -2.35. The number of aromatic nitrogens is 2. The quantitative estimate of drug-likeness (QED) is 0.878. The van der Waals surface area contributed by atoms with Gasteiger partial charge in [0.15, 0.2) is 0 Å². The molecule has 2 aliphatic rings. The van der Waals surface area contributed by atoms with Crippen molar-refractivity contribution in [2.24, 2.45) is 0 Å². The Bertz CT molecular complexity index is 677. The van der Waals surface area contributed by atoms with Crippen molar-refractivity contribution in [1.82, 2.24) is 9.78 Å². The van der Waals surface area contributed by atoms with Gasteiger partial charge in [-0.15, -0.1) is 0 Å². The van der Waals surface area contributed by atoms with E-state index in [0.717, 1.165) is 25.1 Å². The molecule has 0 saturated carbocycles. The van der Waals surface area contributed by atoms with Gasteiger partial charge in [-0.05, 0) is 42.9 Å². The lowest BCUT2D eigenvalue weighted by atomic mass is 9.84. The highest BCUT2D eigenvalue weighted by Crippen LogP contribution is 2.35. The number of morpholine rings is 1. The third kappa shape index (κ3) is 3.11. The highest BCUT2D eigenvalue weighted by molar-refractivity contribution is 5.37.